The molecule has 2 N–H and O–H groups in total. The van der Waals surface area contributed by atoms with Crippen molar-refractivity contribution < 1.29 is 4.74 Å². The first kappa shape index (κ1) is 12.0. The standard InChI is InChI=1S/C11H13BrN2OS2/c1-6-8-4-17-10(13)14-11(8,5-15-6)9-2-7(12)3-16-9/h2-3,6,8H,4-5H2,1H3,(H2,13,14). The van der Waals surface area contributed by atoms with Crippen LogP contribution in [0.2, 0.25) is 0 Å². The Morgan fingerprint density at radius 1 is 1.65 bits per heavy atom. The summed E-state index contributed by atoms with van der Waals surface area (Å²) in [5.74, 6) is 1.41. The maximum absolute atomic E-state index is 5.92. The van der Waals surface area contributed by atoms with Crippen molar-refractivity contribution in [3.63, 3.8) is 0 Å². The first-order valence-electron chi connectivity index (χ1n) is 5.46. The number of thiophene rings is 1. The summed E-state index contributed by atoms with van der Waals surface area (Å²) < 4.78 is 6.94. The van der Waals surface area contributed by atoms with Crippen LogP contribution >= 0.6 is 39.0 Å². The molecule has 0 aromatic carbocycles. The van der Waals surface area contributed by atoms with Crippen LogP contribution in [0.25, 0.3) is 0 Å². The molecule has 0 bridgehead atoms. The first-order valence-corrected chi connectivity index (χ1v) is 8.12. The Bertz CT molecular complexity index is 476. The molecule has 92 valence electrons. The summed E-state index contributed by atoms with van der Waals surface area (Å²) in [7, 11) is 0. The summed E-state index contributed by atoms with van der Waals surface area (Å²) in [4.78, 5) is 5.98. The molecular formula is C11H13BrN2OS2. The van der Waals surface area contributed by atoms with Gasteiger partial charge in [0.05, 0.1) is 12.7 Å². The Labute approximate surface area is 117 Å². The van der Waals surface area contributed by atoms with E-state index in [0.29, 0.717) is 17.7 Å². The van der Waals surface area contributed by atoms with Crippen LogP contribution in [-0.2, 0) is 10.3 Å². The van der Waals surface area contributed by atoms with Gasteiger partial charge in [0.25, 0.3) is 0 Å². The van der Waals surface area contributed by atoms with Gasteiger partial charge in [-0.25, -0.2) is 4.99 Å². The Morgan fingerprint density at radius 3 is 3.18 bits per heavy atom. The average Bonchev–Trinajstić information content (AvgIpc) is 2.85. The molecule has 0 amide bonds. The van der Waals surface area contributed by atoms with Crippen LogP contribution < -0.4 is 5.73 Å². The van der Waals surface area contributed by atoms with E-state index in [1.165, 1.54) is 4.88 Å². The zero-order valence-electron chi connectivity index (χ0n) is 9.35. The average molecular weight is 333 g/mol. The summed E-state index contributed by atoms with van der Waals surface area (Å²) in [6, 6.07) is 2.14. The molecule has 1 aromatic rings. The predicted molar refractivity (Wildman–Crippen MR) is 76.7 cm³/mol. The van der Waals surface area contributed by atoms with Crippen LogP contribution in [-0.4, -0.2) is 23.6 Å². The zero-order valence-corrected chi connectivity index (χ0v) is 12.6. The van der Waals surface area contributed by atoms with Crippen LogP contribution in [0, 0.1) is 5.92 Å². The highest BCUT2D eigenvalue weighted by Crippen LogP contribution is 2.49. The molecule has 2 aliphatic rings. The van der Waals surface area contributed by atoms with Gasteiger partial charge in [-0.15, -0.1) is 11.3 Å². The van der Waals surface area contributed by atoms with E-state index in [1.807, 2.05) is 0 Å². The number of hydrogen-bond donors (Lipinski definition) is 1. The number of amidine groups is 1. The van der Waals surface area contributed by atoms with Crippen LogP contribution in [0.4, 0.5) is 0 Å². The number of nitrogens with zero attached hydrogens (tertiary/aromatic N) is 1. The lowest BCUT2D eigenvalue weighted by Gasteiger charge is -2.33. The van der Waals surface area contributed by atoms with Crippen molar-refractivity contribution >= 4 is 44.2 Å². The normalized spacial score (nSPS) is 36.7. The van der Waals surface area contributed by atoms with Crippen molar-refractivity contribution in [2.24, 2.45) is 16.6 Å². The molecule has 1 fully saturated rings. The Hall–Kier alpha value is -0.0400. The minimum atomic E-state index is -0.245. The number of fused-ring (bicyclic) bond motifs is 1. The van der Waals surface area contributed by atoms with E-state index in [2.05, 4.69) is 34.3 Å². The zero-order chi connectivity index (χ0) is 12.0. The fourth-order valence-electron chi connectivity index (χ4n) is 2.51. The fourth-order valence-corrected chi connectivity index (χ4v) is 5.26. The fraction of sp³-hybridized carbons (Fsp3) is 0.545. The number of thioether (sulfide) groups is 1. The highest BCUT2D eigenvalue weighted by Gasteiger charge is 2.52. The largest absolute Gasteiger partial charge is 0.379 e. The van der Waals surface area contributed by atoms with Crippen molar-refractivity contribution in [3.8, 4) is 0 Å². The van der Waals surface area contributed by atoms with Gasteiger partial charge in [-0.1, -0.05) is 11.8 Å². The van der Waals surface area contributed by atoms with E-state index < -0.39 is 0 Å². The van der Waals surface area contributed by atoms with Gasteiger partial charge < -0.3 is 10.5 Å². The van der Waals surface area contributed by atoms with Crippen LogP contribution in [0.5, 0.6) is 0 Å². The first-order chi connectivity index (χ1) is 8.12. The number of ether oxygens (including phenoxy) is 1. The smallest absolute Gasteiger partial charge is 0.154 e. The van der Waals surface area contributed by atoms with Gasteiger partial charge in [-0.2, -0.15) is 0 Å². The molecule has 0 spiro atoms. The molecule has 1 saturated heterocycles. The maximum Gasteiger partial charge on any atom is 0.154 e. The molecule has 3 unspecified atom stereocenters. The summed E-state index contributed by atoms with van der Waals surface area (Å²) in [6.45, 7) is 2.78. The highest BCUT2D eigenvalue weighted by molar-refractivity contribution is 9.10. The van der Waals surface area contributed by atoms with E-state index in [-0.39, 0.29) is 11.6 Å². The molecule has 3 nitrogen and oxygen atoms in total. The summed E-state index contributed by atoms with van der Waals surface area (Å²) >= 11 is 6.87. The third kappa shape index (κ3) is 1.85. The van der Waals surface area contributed by atoms with Gasteiger partial charge in [0.15, 0.2) is 5.17 Å². The third-order valence-electron chi connectivity index (χ3n) is 3.46. The van der Waals surface area contributed by atoms with Crippen molar-refractivity contribution in [3.05, 3.63) is 20.8 Å². The Balaban J connectivity index is 2.10. The van der Waals surface area contributed by atoms with Crippen molar-refractivity contribution in [1.82, 2.24) is 0 Å². The maximum atomic E-state index is 5.92. The molecule has 3 rings (SSSR count). The number of aliphatic imine (C=N–C) groups is 1. The highest BCUT2D eigenvalue weighted by atomic mass is 79.9. The summed E-state index contributed by atoms with van der Waals surface area (Å²) in [6.07, 6.45) is 0.250. The molecule has 6 heteroatoms. The van der Waals surface area contributed by atoms with Gasteiger partial charge in [-0.3, -0.25) is 0 Å². The van der Waals surface area contributed by atoms with E-state index in [9.17, 15) is 0 Å². The minimum absolute atomic E-state index is 0.245. The van der Waals surface area contributed by atoms with Crippen LogP contribution in [0.3, 0.4) is 0 Å². The quantitative estimate of drug-likeness (QED) is 0.860. The number of nitrogens with two attached hydrogens (primary N) is 1. The lowest BCUT2D eigenvalue weighted by Crippen LogP contribution is -2.40. The SMILES string of the molecule is CC1OCC2(c3cc(Br)cs3)N=C(N)SCC12. The van der Waals surface area contributed by atoms with Gasteiger partial charge in [0.1, 0.15) is 5.54 Å². The molecular weight excluding hydrogens is 320 g/mol. The van der Waals surface area contributed by atoms with Crippen LogP contribution in [0.15, 0.2) is 20.9 Å². The van der Waals surface area contributed by atoms with Crippen molar-refractivity contribution in [2.45, 2.75) is 18.6 Å². The second-order valence-electron chi connectivity index (χ2n) is 4.44. The third-order valence-corrected chi connectivity index (χ3v) is 6.23. The topological polar surface area (TPSA) is 47.6 Å². The minimum Gasteiger partial charge on any atom is -0.379 e. The summed E-state index contributed by atoms with van der Waals surface area (Å²) in [5.41, 5.74) is 5.67. The van der Waals surface area contributed by atoms with Gasteiger partial charge in [0.2, 0.25) is 0 Å². The second kappa shape index (κ2) is 4.26. The molecule has 0 saturated carbocycles. The molecule has 1 aromatic heterocycles. The Kier molecular flexibility index (Phi) is 3.01. The summed E-state index contributed by atoms with van der Waals surface area (Å²) in [5, 5.41) is 2.78. The Morgan fingerprint density at radius 2 is 2.47 bits per heavy atom. The number of hydrogen-bond acceptors (Lipinski definition) is 5. The molecule has 3 heterocycles. The monoisotopic (exact) mass is 332 g/mol. The lowest BCUT2D eigenvalue weighted by atomic mass is 9.84. The van der Waals surface area contributed by atoms with Gasteiger partial charge in [-0.05, 0) is 28.9 Å². The van der Waals surface area contributed by atoms with Crippen molar-refractivity contribution in [1.29, 1.82) is 0 Å². The number of halogens is 1. The van der Waals surface area contributed by atoms with E-state index in [1.54, 1.807) is 23.1 Å². The van der Waals surface area contributed by atoms with E-state index in [0.717, 1.165) is 10.2 Å². The lowest BCUT2D eigenvalue weighted by molar-refractivity contribution is 0.108. The molecule has 0 radical (unpaired) electrons. The van der Waals surface area contributed by atoms with Gasteiger partial charge >= 0.3 is 0 Å². The van der Waals surface area contributed by atoms with Crippen LogP contribution in [0.1, 0.15) is 11.8 Å². The molecule has 2 aliphatic heterocycles. The van der Waals surface area contributed by atoms with Gasteiger partial charge in [0, 0.05) is 26.4 Å². The predicted octanol–water partition coefficient (Wildman–Crippen LogP) is 2.80. The number of rotatable bonds is 1. The molecule has 0 aliphatic carbocycles. The van der Waals surface area contributed by atoms with E-state index in [4.69, 9.17) is 15.5 Å². The molecule has 17 heavy (non-hydrogen) atoms. The van der Waals surface area contributed by atoms with Crippen molar-refractivity contribution in [2.75, 3.05) is 12.4 Å². The second-order valence-corrected chi connectivity index (χ2v) is 7.30. The van der Waals surface area contributed by atoms with E-state index >= 15 is 0 Å². The molecule has 3 atom stereocenters.